The number of carbonyl (C=O) groups is 1. The van der Waals surface area contributed by atoms with Crippen LogP contribution in [-0.4, -0.2) is 25.4 Å². The Hall–Kier alpha value is -1.56. The fraction of sp³-hybridized carbons (Fsp3) is 0.462. The second kappa shape index (κ2) is 5.61. The standard InChI is InChI=1S/C13H13F3O3/c14-13(15,16)19-11-3-1-9(2-4-11)7-10-8-18-6-5-12(10)17/h1-4,10H,5-8H2. The topological polar surface area (TPSA) is 35.5 Å². The summed E-state index contributed by atoms with van der Waals surface area (Å²) in [5, 5.41) is 0. The van der Waals surface area contributed by atoms with Crippen LogP contribution in [0.5, 0.6) is 5.75 Å². The Morgan fingerprint density at radius 1 is 1.26 bits per heavy atom. The lowest BCUT2D eigenvalue weighted by molar-refractivity contribution is -0.274. The summed E-state index contributed by atoms with van der Waals surface area (Å²) >= 11 is 0. The van der Waals surface area contributed by atoms with E-state index in [9.17, 15) is 18.0 Å². The predicted molar refractivity (Wildman–Crippen MR) is 60.8 cm³/mol. The van der Waals surface area contributed by atoms with Gasteiger partial charge in [-0.1, -0.05) is 12.1 Å². The van der Waals surface area contributed by atoms with Gasteiger partial charge in [-0.25, -0.2) is 0 Å². The van der Waals surface area contributed by atoms with Crippen molar-refractivity contribution in [2.24, 2.45) is 5.92 Å². The molecule has 104 valence electrons. The molecule has 1 aliphatic rings. The minimum Gasteiger partial charge on any atom is -0.406 e. The van der Waals surface area contributed by atoms with Crippen molar-refractivity contribution >= 4 is 5.78 Å². The third kappa shape index (κ3) is 4.24. The zero-order valence-corrected chi connectivity index (χ0v) is 10.1. The molecule has 1 aromatic rings. The minimum atomic E-state index is -4.69. The number of hydrogen-bond donors (Lipinski definition) is 0. The van der Waals surface area contributed by atoms with Gasteiger partial charge in [-0.15, -0.1) is 13.2 Å². The van der Waals surface area contributed by atoms with Crippen LogP contribution in [0.25, 0.3) is 0 Å². The van der Waals surface area contributed by atoms with Gasteiger partial charge in [0, 0.05) is 12.3 Å². The second-order valence-corrected chi connectivity index (χ2v) is 4.38. The van der Waals surface area contributed by atoms with E-state index < -0.39 is 6.36 Å². The molecule has 1 aliphatic heterocycles. The number of ketones is 1. The van der Waals surface area contributed by atoms with Gasteiger partial charge in [-0.2, -0.15) is 0 Å². The van der Waals surface area contributed by atoms with E-state index >= 15 is 0 Å². The quantitative estimate of drug-likeness (QED) is 0.850. The first-order valence-corrected chi connectivity index (χ1v) is 5.89. The summed E-state index contributed by atoms with van der Waals surface area (Å²) in [7, 11) is 0. The predicted octanol–water partition coefficient (Wildman–Crippen LogP) is 2.73. The average molecular weight is 274 g/mol. The van der Waals surface area contributed by atoms with Crippen molar-refractivity contribution in [1.29, 1.82) is 0 Å². The molecule has 19 heavy (non-hydrogen) atoms. The van der Waals surface area contributed by atoms with Crippen molar-refractivity contribution in [3.8, 4) is 5.75 Å². The summed E-state index contributed by atoms with van der Waals surface area (Å²) in [6, 6.07) is 5.56. The maximum atomic E-state index is 12.0. The van der Waals surface area contributed by atoms with Gasteiger partial charge in [-0.3, -0.25) is 4.79 Å². The van der Waals surface area contributed by atoms with Gasteiger partial charge in [0.25, 0.3) is 0 Å². The van der Waals surface area contributed by atoms with Crippen molar-refractivity contribution < 1.29 is 27.4 Å². The molecule has 3 nitrogen and oxygen atoms in total. The van der Waals surface area contributed by atoms with Gasteiger partial charge < -0.3 is 9.47 Å². The Bertz CT molecular complexity index is 439. The van der Waals surface area contributed by atoms with E-state index in [0.29, 0.717) is 26.1 Å². The second-order valence-electron chi connectivity index (χ2n) is 4.38. The van der Waals surface area contributed by atoms with Crippen LogP contribution in [0.2, 0.25) is 0 Å². The highest BCUT2D eigenvalue weighted by Crippen LogP contribution is 2.24. The highest BCUT2D eigenvalue weighted by atomic mass is 19.4. The molecule has 1 aromatic carbocycles. The van der Waals surface area contributed by atoms with Crippen LogP contribution in [0.3, 0.4) is 0 Å². The highest BCUT2D eigenvalue weighted by Gasteiger charge is 2.31. The number of ether oxygens (including phenoxy) is 2. The van der Waals surface area contributed by atoms with Gasteiger partial charge in [0.2, 0.25) is 0 Å². The Balaban J connectivity index is 1.96. The molecular formula is C13H13F3O3. The van der Waals surface area contributed by atoms with Crippen molar-refractivity contribution in [1.82, 2.24) is 0 Å². The van der Waals surface area contributed by atoms with Crippen molar-refractivity contribution in [2.75, 3.05) is 13.2 Å². The van der Waals surface area contributed by atoms with Crippen LogP contribution in [0.15, 0.2) is 24.3 Å². The summed E-state index contributed by atoms with van der Waals surface area (Å²) in [6.45, 7) is 0.827. The van der Waals surface area contributed by atoms with Gasteiger partial charge in [0.05, 0.1) is 13.2 Å². The number of halogens is 3. The van der Waals surface area contributed by atoms with Crippen LogP contribution >= 0.6 is 0 Å². The molecule has 1 fully saturated rings. The largest absolute Gasteiger partial charge is 0.573 e. The third-order valence-corrected chi connectivity index (χ3v) is 2.91. The first-order valence-electron chi connectivity index (χ1n) is 5.89. The molecule has 1 heterocycles. The molecule has 0 spiro atoms. The first-order chi connectivity index (χ1) is 8.94. The van der Waals surface area contributed by atoms with Crippen molar-refractivity contribution in [3.05, 3.63) is 29.8 Å². The molecule has 1 atom stereocenters. The molecule has 0 radical (unpaired) electrons. The van der Waals surface area contributed by atoms with E-state index in [1.807, 2.05) is 0 Å². The SMILES string of the molecule is O=C1CCOCC1Cc1ccc(OC(F)(F)F)cc1. The highest BCUT2D eigenvalue weighted by molar-refractivity contribution is 5.82. The molecule has 0 bridgehead atoms. The first kappa shape index (κ1) is 13.9. The monoisotopic (exact) mass is 274 g/mol. The molecule has 0 aromatic heterocycles. The maximum absolute atomic E-state index is 12.0. The summed E-state index contributed by atoms with van der Waals surface area (Å²) < 4.78 is 44.9. The Kier molecular flexibility index (Phi) is 4.09. The zero-order valence-electron chi connectivity index (χ0n) is 10.1. The molecule has 0 N–H and O–H groups in total. The van der Waals surface area contributed by atoms with Gasteiger partial charge in [0.15, 0.2) is 0 Å². The summed E-state index contributed by atoms with van der Waals surface area (Å²) in [4.78, 5) is 11.6. The van der Waals surface area contributed by atoms with Crippen LogP contribution in [-0.2, 0) is 16.0 Å². The summed E-state index contributed by atoms with van der Waals surface area (Å²) in [5.74, 6) is -0.326. The minimum absolute atomic E-state index is 0.141. The molecule has 6 heteroatoms. The fourth-order valence-corrected chi connectivity index (χ4v) is 1.98. The summed E-state index contributed by atoms with van der Waals surface area (Å²) in [5.41, 5.74) is 0.790. The molecule has 1 saturated heterocycles. The number of rotatable bonds is 3. The van der Waals surface area contributed by atoms with E-state index in [0.717, 1.165) is 5.56 Å². The summed E-state index contributed by atoms with van der Waals surface area (Å²) in [6.07, 6.45) is -3.81. The third-order valence-electron chi connectivity index (χ3n) is 2.91. The molecule has 0 aliphatic carbocycles. The van der Waals surface area contributed by atoms with Crippen molar-refractivity contribution in [3.63, 3.8) is 0 Å². The molecule has 0 amide bonds. The van der Waals surface area contributed by atoms with E-state index in [4.69, 9.17) is 4.74 Å². The maximum Gasteiger partial charge on any atom is 0.573 e. The lowest BCUT2D eigenvalue weighted by Gasteiger charge is -2.21. The number of hydrogen-bond acceptors (Lipinski definition) is 3. The van der Waals surface area contributed by atoms with E-state index in [1.54, 1.807) is 0 Å². The number of carbonyl (C=O) groups excluding carboxylic acids is 1. The van der Waals surface area contributed by atoms with E-state index in [-0.39, 0.29) is 17.5 Å². The average Bonchev–Trinajstić information content (AvgIpc) is 2.33. The van der Waals surface area contributed by atoms with Crippen LogP contribution in [0.4, 0.5) is 13.2 Å². The van der Waals surface area contributed by atoms with E-state index in [1.165, 1.54) is 24.3 Å². The van der Waals surface area contributed by atoms with E-state index in [2.05, 4.69) is 4.74 Å². The van der Waals surface area contributed by atoms with Crippen LogP contribution in [0, 0.1) is 5.92 Å². The Morgan fingerprint density at radius 2 is 1.95 bits per heavy atom. The molecule has 1 unspecified atom stereocenters. The normalized spacial score (nSPS) is 20.4. The van der Waals surface area contributed by atoms with Gasteiger partial charge >= 0.3 is 6.36 Å². The fourth-order valence-electron chi connectivity index (χ4n) is 1.98. The Morgan fingerprint density at radius 3 is 2.53 bits per heavy atom. The van der Waals surface area contributed by atoms with Gasteiger partial charge in [-0.05, 0) is 24.1 Å². The smallest absolute Gasteiger partial charge is 0.406 e. The Labute approximate surface area is 108 Å². The zero-order chi connectivity index (χ0) is 13.9. The van der Waals surface area contributed by atoms with Gasteiger partial charge in [0.1, 0.15) is 11.5 Å². The number of alkyl halides is 3. The van der Waals surface area contributed by atoms with Crippen molar-refractivity contribution in [2.45, 2.75) is 19.2 Å². The molecule has 2 rings (SSSR count). The number of benzene rings is 1. The molecular weight excluding hydrogens is 261 g/mol. The lowest BCUT2D eigenvalue weighted by Crippen LogP contribution is -2.29. The number of Topliss-reactive ketones (excluding diaryl/α,β-unsaturated/α-hetero) is 1. The van der Waals surface area contributed by atoms with Crippen LogP contribution < -0.4 is 4.74 Å². The lowest BCUT2D eigenvalue weighted by atomic mass is 9.93. The molecule has 0 saturated carbocycles. The van der Waals surface area contributed by atoms with Crippen LogP contribution in [0.1, 0.15) is 12.0 Å².